The normalized spacial score (nSPS) is 24.7. The summed E-state index contributed by atoms with van der Waals surface area (Å²) >= 11 is 0. The first-order valence-corrected chi connectivity index (χ1v) is 14.0. The van der Waals surface area contributed by atoms with Crippen LogP contribution in [0.4, 0.5) is 5.69 Å². The fraction of sp³-hybridized carbons (Fsp3) is 0.364. The molecule has 1 N–H and O–H groups in total. The van der Waals surface area contributed by atoms with Gasteiger partial charge in [-0.1, -0.05) is 43.7 Å². The molecule has 6 rings (SSSR count). The number of amides is 2. The predicted molar refractivity (Wildman–Crippen MR) is 152 cm³/mol. The number of aromatic nitrogens is 1. The first kappa shape index (κ1) is 26.4. The van der Waals surface area contributed by atoms with Crippen molar-refractivity contribution in [2.24, 2.45) is 23.7 Å². The topological polar surface area (TPSA) is 92.9 Å². The highest BCUT2D eigenvalue weighted by molar-refractivity contribution is 6.22. The molecule has 4 heterocycles. The maximum atomic E-state index is 13.7. The highest BCUT2D eigenvalue weighted by Gasteiger charge is 2.57. The van der Waals surface area contributed by atoms with Crippen molar-refractivity contribution < 1.29 is 23.8 Å². The van der Waals surface area contributed by atoms with Crippen LogP contribution >= 0.6 is 0 Å². The van der Waals surface area contributed by atoms with Crippen LogP contribution in [0, 0.1) is 23.7 Å². The van der Waals surface area contributed by atoms with Crippen molar-refractivity contribution in [1.82, 2.24) is 4.98 Å². The van der Waals surface area contributed by atoms with Gasteiger partial charge < -0.3 is 14.3 Å². The lowest BCUT2D eigenvalue weighted by Crippen LogP contribution is -2.35. The summed E-state index contributed by atoms with van der Waals surface area (Å²) in [5, 5.41) is 9.41. The van der Waals surface area contributed by atoms with E-state index < -0.39 is 0 Å². The number of nitrogens with zero attached hydrogens (tertiary/aromatic N) is 2. The summed E-state index contributed by atoms with van der Waals surface area (Å²) in [5.74, 6) is 0.398. The molecule has 0 unspecified atom stereocenters. The Kier molecular flexibility index (Phi) is 7.26. The van der Waals surface area contributed by atoms with Gasteiger partial charge in [-0.25, -0.2) is 0 Å². The van der Waals surface area contributed by atoms with E-state index in [9.17, 15) is 14.7 Å². The van der Waals surface area contributed by atoms with E-state index in [1.54, 1.807) is 12.3 Å². The minimum Gasteiger partial charge on any atom is -0.459 e. The SMILES string of the molecule is CC(C)C1=C2[C@@H](CC/C(=C/c3ccc(CO)o3)c3ccccn3)OC[C@@H]2[C@@H]2C(=O)N(c3ccccc3)C(=O)[C@@H]2C1. The molecule has 7 nitrogen and oxygen atoms in total. The van der Waals surface area contributed by atoms with Crippen LogP contribution in [-0.4, -0.2) is 34.6 Å². The fourth-order valence-corrected chi connectivity index (χ4v) is 6.63. The molecule has 7 heteroatoms. The molecule has 40 heavy (non-hydrogen) atoms. The highest BCUT2D eigenvalue weighted by atomic mass is 16.5. The summed E-state index contributed by atoms with van der Waals surface area (Å²) in [6.45, 7) is 4.63. The van der Waals surface area contributed by atoms with Gasteiger partial charge in [0.05, 0.1) is 35.9 Å². The van der Waals surface area contributed by atoms with Crippen molar-refractivity contribution >= 4 is 29.2 Å². The monoisotopic (exact) mass is 538 g/mol. The number of imide groups is 1. The van der Waals surface area contributed by atoms with Gasteiger partial charge in [0.25, 0.3) is 0 Å². The van der Waals surface area contributed by atoms with Crippen LogP contribution in [0.25, 0.3) is 11.6 Å². The lowest BCUT2D eigenvalue weighted by atomic mass is 9.67. The number of allylic oxidation sites excluding steroid dienone is 2. The number of benzene rings is 1. The number of carbonyl (C=O) groups is 2. The lowest BCUT2D eigenvalue weighted by molar-refractivity contribution is -0.122. The van der Waals surface area contributed by atoms with E-state index in [0.29, 0.717) is 36.7 Å². The summed E-state index contributed by atoms with van der Waals surface area (Å²) in [5.41, 5.74) is 4.98. The van der Waals surface area contributed by atoms with E-state index >= 15 is 0 Å². The number of aliphatic hydroxyl groups is 1. The zero-order chi connectivity index (χ0) is 27.8. The number of fused-ring (bicyclic) bond motifs is 3. The smallest absolute Gasteiger partial charge is 0.238 e. The van der Waals surface area contributed by atoms with E-state index in [1.807, 2.05) is 60.7 Å². The molecular formula is C33H34N2O5. The van der Waals surface area contributed by atoms with E-state index in [2.05, 4.69) is 18.8 Å². The summed E-state index contributed by atoms with van der Waals surface area (Å²) in [4.78, 5) is 33.3. The molecule has 2 fully saturated rings. The van der Waals surface area contributed by atoms with Gasteiger partial charge in [-0.3, -0.25) is 19.5 Å². The first-order chi connectivity index (χ1) is 19.5. The van der Waals surface area contributed by atoms with Gasteiger partial charge in [-0.2, -0.15) is 0 Å². The second-order valence-corrected chi connectivity index (χ2v) is 11.1. The van der Waals surface area contributed by atoms with Crippen molar-refractivity contribution in [3.05, 3.63) is 95.2 Å². The van der Waals surface area contributed by atoms with Crippen molar-refractivity contribution in [1.29, 1.82) is 0 Å². The molecule has 3 aromatic rings. The Hall–Kier alpha value is -3.81. The highest BCUT2D eigenvalue weighted by Crippen LogP contribution is 2.52. The Morgan fingerprint density at radius 1 is 1.05 bits per heavy atom. The molecule has 0 bridgehead atoms. The van der Waals surface area contributed by atoms with Crippen LogP contribution in [0.5, 0.6) is 0 Å². The fourth-order valence-electron chi connectivity index (χ4n) is 6.63. The molecule has 4 atom stereocenters. The molecule has 1 aliphatic carbocycles. The molecule has 0 spiro atoms. The molecule has 2 aromatic heterocycles. The second kappa shape index (κ2) is 11.0. The predicted octanol–water partition coefficient (Wildman–Crippen LogP) is 5.66. The van der Waals surface area contributed by atoms with Gasteiger partial charge in [0.15, 0.2) is 0 Å². The average molecular weight is 539 g/mol. The maximum absolute atomic E-state index is 13.7. The summed E-state index contributed by atoms with van der Waals surface area (Å²) in [6, 6.07) is 18.7. The molecule has 206 valence electrons. The van der Waals surface area contributed by atoms with E-state index in [4.69, 9.17) is 9.15 Å². The third kappa shape index (κ3) is 4.73. The number of anilines is 1. The van der Waals surface area contributed by atoms with Crippen molar-refractivity contribution in [2.75, 3.05) is 11.5 Å². The molecule has 0 saturated carbocycles. The minimum atomic E-state index is -0.388. The van der Waals surface area contributed by atoms with Crippen LogP contribution in [0.3, 0.4) is 0 Å². The molecule has 1 aromatic carbocycles. The summed E-state index contributed by atoms with van der Waals surface area (Å²) < 4.78 is 12.2. The standard InChI is InChI=1S/C33H34N2O5/c1-20(2)25-17-26-31(33(38)35(32(26)37)22-8-4-3-5-9-22)27-19-39-29(30(25)27)14-11-21(28-10-6-7-15-34-28)16-23-12-13-24(18-36)40-23/h3-10,12-13,15-16,20,26-27,29,31,36H,11,14,17-19H2,1-2H3/b21-16-/t26-,27+,29-,31-/m1/s1. The number of para-hydroxylation sites is 1. The Labute approximate surface area is 234 Å². The number of furan rings is 1. The third-order valence-corrected chi connectivity index (χ3v) is 8.48. The Balaban J connectivity index is 1.28. The molecule has 2 saturated heterocycles. The number of carbonyl (C=O) groups excluding carboxylic acids is 2. The van der Waals surface area contributed by atoms with Crippen LogP contribution < -0.4 is 4.90 Å². The lowest BCUT2D eigenvalue weighted by Gasteiger charge is -2.33. The van der Waals surface area contributed by atoms with Gasteiger partial charge in [0.2, 0.25) is 11.8 Å². The van der Waals surface area contributed by atoms with Crippen LogP contribution in [0.2, 0.25) is 0 Å². The van der Waals surface area contributed by atoms with E-state index in [1.165, 1.54) is 16.0 Å². The minimum absolute atomic E-state index is 0.0919. The number of hydrogen-bond acceptors (Lipinski definition) is 6. The summed E-state index contributed by atoms with van der Waals surface area (Å²) in [7, 11) is 0. The quantitative estimate of drug-likeness (QED) is 0.294. The van der Waals surface area contributed by atoms with Crippen molar-refractivity contribution in [3.8, 4) is 0 Å². The zero-order valence-electron chi connectivity index (χ0n) is 22.8. The Bertz CT molecular complexity index is 1460. The zero-order valence-corrected chi connectivity index (χ0v) is 22.8. The average Bonchev–Trinajstić information content (AvgIpc) is 3.68. The summed E-state index contributed by atoms with van der Waals surface area (Å²) in [6.07, 6.45) is 5.62. The van der Waals surface area contributed by atoms with Crippen molar-refractivity contribution in [3.63, 3.8) is 0 Å². The van der Waals surface area contributed by atoms with Gasteiger partial charge in [-0.05, 0) is 78.8 Å². The van der Waals surface area contributed by atoms with Crippen molar-refractivity contribution in [2.45, 2.75) is 45.8 Å². The number of ether oxygens (including phenoxy) is 1. The van der Waals surface area contributed by atoms with Gasteiger partial charge in [0, 0.05) is 12.1 Å². The van der Waals surface area contributed by atoms with Crippen LogP contribution in [-0.2, 0) is 20.9 Å². The number of rotatable bonds is 8. The second-order valence-electron chi connectivity index (χ2n) is 11.1. The van der Waals surface area contributed by atoms with Gasteiger partial charge in [0.1, 0.15) is 18.1 Å². The Morgan fingerprint density at radius 2 is 1.85 bits per heavy atom. The molecule has 0 radical (unpaired) electrons. The molecule has 3 aliphatic rings. The largest absolute Gasteiger partial charge is 0.459 e. The number of pyridine rings is 1. The maximum Gasteiger partial charge on any atom is 0.238 e. The van der Waals surface area contributed by atoms with Gasteiger partial charge in [-0.15, -0.1) is 0 Å². The molecule has 2 aliphatic heterocycles. The van der Waals surface area contributed by atoms with Crippen LogP contribution in [0.1, 0.15) is 50.3 Å². The first-order valence-electron chi connectivity index (χ1n) is 14.0. The number of aliphatic hydroxyl groups excluding tert-OH is 1. The number of hydrogen-bond donors (Lipinski definition) is 1. The molecule has 2 amide bonds. The molecular weight excluding hydrogens is 504 g/mol. The third-order valence-electron chi connectivity index (χ3n) is 8.48. The van der Waals surface area contributed by atoms with E-state index in [0.717, 1.165) is 17.7 Å². The van der Waals surface area contributed by atoms with E-state index in [-0.39, 0.29) is 48.2 Å². The van der Waals surface area contributed by atoms with Crippen LogP contribution in [0.15, 0.2) is 82.4 Å². The van der Waals surface area contributed by atoms with Gasteiger partial charge >= 0.3 is 0 Å². The Morgan fingerprint density at radius 3 is 2.55 bits per heavy atom.